The number of hydrogen-bond acceptors (Lipinski definition) is 1. The molecule has 0 fully saturated rings. The predicted molar refractivity (Wildman–Crippen MR) is 80.1 cm³/mol. The van der Waals surface area contributed by atoms with E-state index in [4.69, 9.17) is 16.2 Å². The van der Waals surface area contributed by atoms with Crippen molar-refractivity contribution in [2.45, 2.75) is 31.8 Å². The van der Waals surface area contributed by atoms with Crippen LogP contribution < -0.4 is 0 Å². The Balaban J connectivity index is 2.48. The van der Waals surface area contributed by atoms with Crippen LogP contribution in [0, 0.1) is 0 Å². The quantitative estimate of drug-likeness (QED) is 0.695. The van der Waals surface area contributed by atoms with Crippen molar-refractivity contribution >= 4 is 11.9 Å². The normalized spacial score (nSPS) is 11.5. The highest BCUT2D eigenvalue weighted by molar-refractivity contribution is 6.07. The molecule has 0 amide bonds. The van der Waals surface area contributed by atoms with E-state index in [1.165, 1.54) is 0 Å². The van der Waals surface area contributed by atoms with Crippen LogP contribution in [0.3, 0.4) is 0 Å². The van der Waals surface area contributed by atoms with Crippen molar-refractivity contribution in [3.63, 3.8) is 0 Å². The minimum absolute atomic E-state index is 0.555. The first kappa shape index (κ1) is 14.1. The first-order valence-electron chi connectivity index (χ1n) is 6.74. The summed E-state index contributed by atoms with van der Waals surface area (Å²) in [5.41, 5.74) is 1.65. The molecule has 0 unspecified atom stereocenters. The number of unbranched alkanes of at least 4 members (excludes halogenated alkanes) is 1. The molecule has 2 aromatic carbocycles. The average molecular weight is 275 g/mol. The van der Waals surface area contributed by atoms with Crippen LogP contribution in [0.1, 0.15) is 37.3 Å². The van der Waals surface area contributed by atoms with E-state index >= 15 is 0 Å². The first-order valence-corrected chi connectivity index (χ1v) is 7.05. The summed E-state index contributed by atoms with van der Waals surface area (Å²) in [6.07, 6.45) is 3.05. The maximum absolute atomic E-state index is 5.93. The van der Waals surface area contributed by atoms with Crippen LogP contribution in [0.2, 0.25) is 0 Å². The van der Waals surface area contributed by atoms with Crippen LogP contribution in [0.15, 0.2) is 60.7 Å². The van der Waals surface area contributed by atoms with Gasteiger partial charge in [0.15, 0.2) is 0 Å². The van der Waals surface area contributed by atoms with Crippen molar-refractivity contribution in [1.29, 1.82) is 0 Å². The number of benzene rings is 2. The van der Waals surface area contributed by atoms with Crippen LogP contribution >= 0.6 is 11.9 Å². The van der Waals surface area contributed by atoms with E-state index < -0.39 is 5.60 Å². The Bertz CT molecular complexity index is 442. The zero-order valence-corrected chi connectivity index (χ0v) is 11.9. The van der Waals surface area contributed by atoms with Crippen molar-refractivity contribution in [3.8, 4) is 0 Å². The minimum Gasteiger partial charge on any atom is -0.263 e. The Morgan fingerprint density at radius 1 is 0.895 bits per heavy atom. The molecule has 19 heavy (non-hydrogen) atoms. The average Bonchev–Trinajstić information content (AvgIpc) is 2.51. The molecule has 100 valence electrons. The number of rotatable bonds is 6. The van der Waals surface area contributed by atoms with Gasteiger partial charge in [-0.15, -0.1) is 0 Å². The Morgan fingerprint density at radius 3 is 1.74 bits per heavy atom. The Hall–Kier alpha value is -1.31. The highest BCUT2D eigenvalue weighted by Gasteiger charge is 2.34. The molecule has 0 atom stereocenters. The van der Waals surface area contributed by atoms with E-state index in [1.807, 2.05) is 36.4 Å². The molecule has 2 aromatic rings. The standard InChI is InChI=1S/C17H19ClO/c1-2-3-14-17(19-18,15-10-6-4-7-11-15)16-12-8-5-9-13-16/h4-13H,2-3,14H2,1H3. The third-order valence-electron chi connectivity index (χ3n) is 3.49. The van der Waals surface area contributed by atoms with Crippen LogP contribution in [0.4, 0.5) is 0 Å². The molecule has 0 radical (unpaired) electrons. The maximum Gasteiger partial charge on any atom is 0.140 e. The molecule has 0 saturated heterocycles. The summed E-state index contributed by atoms with van der Waals surface area (Å²) in [7, 11) is 0. The second-order valence-electron chi connectivity index (χ2n) is 4.74. The van der Waals surface area contributed by atoms with Crippen LogP contribution in [0.25, 0.3) is 0 Å². The van der Waals surface area contributed by atoms with Crippen LogP contribution in [-0.2, 0) is 9.89 Å². The molecule has 0 aliphatic heterocycles. The molecule has 0 bridgehead atoms. The Kier molecular flexibility index (Phi) is 5.00. The van der Waals surface area contributed by atoms with Crippen molar-refractivity contribution < 1.29 is 4.29 Å². The fourth-order valence-corrected chi connectivity index (χ4v) is 2.68. The van der Waals surface area contributed by atoms with Crippen LogP contribution in [0.5, 0.6) is 0 Å². The molecule has 0 aliphatic carbocycles. The molecule has 0 N–H and O–H groups in total. The van der Waals surface area contributed by atoms with E-state index in [-0.39, 0.29) is 0 Å². The molecule has 1 nitrogen and oxygen atoms in total. The molecule has 2 rings (SSSR count). The van der Waals surface area contributed by atoms with Crippen molar-refractivity contribution in [3.05, 3.63) is 71.8 Å². The highest BCUT2D eigenvalue weighted by atomic mass is 35.5. The van der Waals surface area contributed by atoms with Gasteiger partial charge in [-0.3, -0.25) is 4.29 Å². The fourth-order valence-electron chi connectivity index (χ4n) is 2.42. The van der Waals surface area contributed by atoms with Gasteiger partial charge in [0.2, 0.25) is 0 Å². The summed E-state index contributed by atoms with van der Waals surface area (Å²) < 4.78 is 5.48. The van der Waals surface area contributed by atoms with Crippen molar-refractivity contribution in [1.82, 2.24) is 0 Å². The van der Waals surface area contributed by atoms with E-state index in [1.54, 1.807) is 0 Å². The van der Waals surface area contributed by atoms with Gasteiger partial charge in [-0.25, -0.2) is 0 Å². The molecular weight excluding hydrogens is 256 g/mol. The highest BCUT2D eigenvalue weighted by Crippen LogP contribution is 2.39. The summed E-state index contributed by atoms with van der Waals surface area (Å²) in [5, 5.41) is 0. The molecule has 0 heterocycles. The lowest BCUT2D eigenvalue weighted by atomic mass is 9.82. The van der Waals surface area contributed by atoms with Gasteiger partial charge in [-0.1, -0.05) is 80.4 Å². The Labute approximate surface area is 120 Å². The van der Waals surface area contributed by atoms with Gasteiger partial charge in [-0.2, -0.15) is 0 Å². The lowest BCUT2D eigenvalue weighted by molar-refractivity contribution is 0.112. The molecule has 2 heteroatoms. The lowest BCUT2D eigenvalue weighted by Crippen LogP contribution is -2.28. The summed E-state index contributed by atoms with van der Waals surface area (Å²) in [5.74, 6) is 0. The summed E-state index contributed by atoms with van der Waals surface area (Å²) in [4.78, 5) is 0. The third-order valence-corrected chi connectivity index (χ3v) is 3.76. The summed E-state index contributed by atoms with van der Waals surface area (Å²) in [6, 6.07) is 20.4. The van der Waals surface area contributed by atoms with Gasteiger partial charge in [0.05, 0.1) is 11.9 Å². The largest absolute Gasteiger partial charge is 0.263 e. The topological polar surface area (TPSA) is 9.23 Å². The van der Waals surface area contributed by atoms with E-state index in [0.717, 1.165) is 30.4 Å². The SMILES string of the molecule is CCCCC(OCl)(c1ccccc1)c1ccccc1. The van der Waals surface area contributed by atoms with Gasteiger partial charge >= 0.3 is 0 Å². The second-order valence-corrected chi connectivity index (χ2v) is 4.89. The van der Waals surface area contributed by atoms with Gasteiger partial charge < -0.3 is 0 Å². The van der Waals surface area contributed by atoms with E-state index in [0.29, 0.717) is 0 Å². The zero-order chi connectivity index (χ0) is 13.6. The Morgan fingerprint density at radius 2 is 1.37 bits per heavy atom. The maximum atomic E-state index is 5.93. The number of halogens is 1. The van der Waals surface area contributed by atoms with Gasteiger partial charge in [0, 0.05) is 0 Å². The predicted octanol–water partition coefficient (Wildman–Crippen LogP) is 5.29. The molecule has 0 aliphatic rings. The van der Waals surface area contributed by atoms with Crippen molar-refractivity contribution in [2.75, 3.05) is 0 Å². The minimum atomic E-state index is -0.555. The number of hydrogen-bond donors (Lipinski definition) is 0. The zero-order valence-electron chi connectivity index (χ0n) is 11.2. The molecular formula is C17H19ClO. The van der Waals surface area contributed by atoms with Gasteiger partial charge in [0.25, 0.3) is 0 Å². The monoisotopic (exact) mass is 274 g/mol. The lowest BCUT2D eigenvalue weighted by Gasteiger charge is -2.31. The summed E-state index contributed by atoms with van der Waals surface area (Å²) >= 11 is 5.93. The van der Waals surface area contributed by atoms with Crippen LogP contribution in [-0.4, -0.2) is 0 Å². The smallest absolute Gasteiger partial charge is 0.140 e. The molecule has 0 spiro atoms. The van der Waals surface area contributed by atoms with E-state index in [2.05, 4.69) is 31.2 Å². The fraction of sp³-hybridized carbons (Fsp3) is 0.294. The van der Waals surface area contributed by atoms with Gasteiger partial charge in [-0.05, 0) is 17.5 Å². The third kappa shape index (κ3) is 2.99. The van der Waals surface area contributed by atoms with Crippen molar-refractivity contribution in [2.24, 2.45) is 0 Å². The van der Waals surface area contributed by atoms with E-state index in [9.17, 15) is 0 Å². The second kappa shape index (κ2) is 6.74. The summed E-state index contributed by atoms with van der Waals surface area (Å²) in [6.45, 7) is 2.18. The first-order chi connectivity index (χ1) is 9.33. The van der Waals surface area contributed by atoms with Gasteiger partial charge in [0.1, 0.15) is 5.60 Å². The molecule has 0 aromatic heterocycles. The molecule has 0 saturated carbocycles.